The van der Waals surface area contributed by atoms with Gasteiger partial charge in [-0.05, 0) is 30.3 Å². The van der Waals surface area contributed by atoms with Gasteiger partial charge in [0.1, 0.15) is 0 Å². The first-order valence-corrected chi connectivity index (χ1v) is 7.32. The zero-order chi connectivity index (χ0) is 15.9. The van der Waals surface area contributed by atoms with Crippen molar-refractivity contribution in [3.8, 4) is 0 Å². The van der Waals surface area contributed by atoms with Crippen molar-refractivity contribution in [3.05, 3.63) is 63.6 Å². The summed E-state index contributed by atoms with van der Waals surface area (Å²) in [7, 11) is 0. The predicted octanol–water partition coefficient (Wildman–Crippen LogP) is 5.20. The Morgan fingerprint density at radius 1 is 1.09 bits per heavy atom. The fraction of sp³-hybridized carbons (Fsp3) is 0.0667. The molecule has 22 heavy (non-hydrogen) atoms. The third kappa shape index (κ3) is 2.84. The molecule has 3 rings (SSSR count). The summed E-state index contributed by atoms with van der Waals surface area (Å²) < 4.78 is 38.3. The van der Waals surface area contributed by atoms with Crippen LogP contribution in [0, 0.1) is 0 Å². The van der Waals surface area contributed by atoms with Crippen LogP contribution >= 0.6 is 22.9 Å². The zero-order valence-corrected chi connectivity index (χ0v) is 12.4. The number of alkyl halides is 3. The van der Waals surface area contributed by atoms with Crippen LogP contribution in [0.2, 0.25) is 5.02 Å². The molecule has 0 radical (unpaired) electrons. The minimum absolute atomic E-state index is 0.165. The molecule has 2 nitrogen and oxygen atoms in total. The molecular formula is C15H7ClF3NOS. The van der Waals surface area contributed by atoms with Crippen molar-refractivity contribution in [2.24, 2.45) is 0 Å². The molecule has 3 aromatic rings. The second-order valence-corrected chi connectivity index (χ2v) is 6.00. The molecule has 0 aliphatic rings. The topological polar surface area (TPSA) is 30.0 Å². The van der Waals surface area contributed by atoms with Crippen molar-refractivity contribution >= 4 is 38.9 Å². The van der Waals surface area contributed by atoms with Gasteiger partial charge in [0.2, 0.25) is 5.78 Å². The predicted molar refractivity (Wildman–Crippen MR) is 79.5 cm³/mol. The highest BCUT2D eigenvalue weighted by atomic mass is 35.5. The van der Waals surface area contributed by atoms with Gasteiger partial charge in [-0.25, -0.2) is 4.98 Å². The lowest BCUT2D eigenvalue weighted by atomic mass is 10.1. The van der Waals surface area contributed by atoms with Crippen LogP contribution in [0.15, 0.2) is 42.5 Å². The minimum atomic E-state index is -4.42. The second kappa shape index (κ2) is 5.37. The van der Waals surface area contributed by atoms with Gasteiger partial charge in [-0.15, -0.1) is 11.3 Å². The molecule has 0 amide bonds. The average Bonchev–Trinajstić information content (AvgIpc) is 2.88. The molecular weight excluding hydrogens is 335 g/mol. The number of hydrogen-bond acceptors (Lipinski definition) is 3. The number of benzene rings is 2. The zero-order valence-electron chi connectivity index (χ0n) is 10.8. The number of ketones is 1. The summed E-state index contributed by atoms with van der Waals surface area (Å²) >= 11 is 7.03. The first kappa shape index (κ1) is 15.0. The van der Waals surface area contributed by atoms with Crippen molar-refractivity contribution in [2.45, 2.75) is 6.18 Å². The number of thiazole rings is 1. The molecule has 0 saturated heterocycles. The van der Waals surface area contributed by atoms with Gasteiger partial charge in [-0.1, -0.05) is 23.7 Å². The van der Waals surface area contributed by atoms with Gasteiger partial charge in [-0.3, -0.25) is 4.79 Å². The second-order valence-electron chi connectivity index (χ2n) is 4.54. The molecule has 112 valence electrons. The minimum Gasteiger partial charge on any atom is -0.286 e. The average molecular weight is 342 g/mol. The van der Waals surface area contributed by atoms with Gasteiger partial charge < -0.3 is 0 Å². The van der Waals surface area contributed by atoms with E-state index in [2.05, 4.69) is 4.98 Å². The van der Waals surface area contributed by atoms with E-state index in [1.807, 2.05) is 0 Å². The van der Waals surface area contributed by atoms with Gasteiger partial charge >= 0.3 is 6.18 Å². The van der Waals surface area contributed by atoms with Crippen LogP contribution < -0.4 is 0 Å². The molecule has 0 fully saturated rings. The lowest BCUT2D eigenvalue weighted by molar-refractivity contribution is -0.137. The number of carbonyl (C=O) groups excluding carboxylic acids is 1. The van der Waals surface area contributed by atoms with Crippen LogP contribution in [0.25, 0.3) is 10.2 Å². The Morgan fingerprint density at radius 3 is 2.41 bits per heavy atom. The van der Waals surface area contributed by atoms with E-state index in [4.69, 9.17) is 11.6 Å². The lowest BCUT2D eigenvalue weighted by Gasteiger charge is -2.06. The Hall–Kier alpha value is -1.92. The first-order chi connectivity index (χ1) is 10.3. The maximum absolute atomic E-state index is 12.5. The normalized spacial score (nSPS) is 11.8. The molecule has 0 spiro atoms. The van der Waals surface area contributed by atoms with Gasteiger partial charge in [0, 0.05) is 10.6 Å². The largest absolute Gasteiger partial charge is 0.416 e. The maximum Gasteiger partial charge on any atom is 0.416 e. The third-order valence-electron chi connectivity index (χ3n) is 3.02. The highest BCUT2D eigenvalue weighted by Gasteiger charge is 2.30. The van der Waals surface area contributed by atoms with Crippen LogP contribution in [0.1, 0.15) is 20.9 Å². The SMILES string of the molecule is O=C(c1ccc(C(F)(F)F)cc1)c1nc2cc(Cl)ccc2s1. The number of aromatic nitrogens is 1. The van der Waals surface area contributed by atoms with E-state index in [1.54, 1.807) is 18.2 Å². The fourth-order valence-electron chi connectivity index (χ4n) is 1.93. The fourth-order valence-corrected chi connectivity index (χ4v) is 3.01. The summed E-state index contributed by atoms with van der Waals surface area (Å²) in [6.45, 7) is 0. The monoisotopic (exact) mass is 341 g/mol. The quantitative estimate of drug-likeness (QED) is 0.600. The molecule has 1 aromatic heterocycles. The van der Waals surface area contributed by atoms with E-state index >= 15 is 0 Å². The standard InChI is InChI=1S/C15H7ClF3NOS/c16-10-5-6-12-11(7-10)20-14(22-12)13(21)8-1-3-9(4-2-8)15(17,18)19/h1-7H. The molecule has 0 unspecified atom stereocenters. The van der Waals surface area contributed by atoms with Crippen LogP contribution in [-0.4, -0.2) is 10.8 Å². The Bertz CT molecular complexity index is 855. The maximum atomic E-state index is 12.5. The lowest BCUT2D eigenvalue weighted by Crippen LogP contribution is -2.06. The highest BCUT2D eigenvalue weighted by molar-refractivity contribution is 7.20. The molecule has 0 saturated carbocycles. The van der Waals surface area contributed by atoms with E-state index < -0.39 is 17.5 Å². The summed E-state index contributed by atoms with van der Waals surface area (Å²) in [6, 6.07) is 9.16. The van der Waals surface area contributed by atoms with Gasteiger partial charge in [0.15, 0.2) is 5.01 Å². The van der Waals surface area contributed by atoms with Gasteiger partial charge in [0.25, 0.3) is 0 Å². The number of halogens is 4. The molecule has 7 heteroatoms. The molecule has 2 aromatic carbocycles. The molecule has 0 atom stereocenters. The van der Waals surface area contributed by atoms with E-state index in [0.29, 0.717) is 10.5 Å². The Morgan fingerprint density at radius 2 is 1.77 bits per heavy atom. The van der Waals surface area contributed by atoms with Crippen molar-refractivity contribution in [1.29, 1.82) is 0 Å². The van der Waals surface area contributed by atoms with Crippen molar-refractivity contribution in [2.75, 3.05) is 0 Å². The summed E-state index contributed by atoms with van der Waals surface area (Å²) in [5.74, 6) is -0.411. The number of hydrogen-bond donors (Lipinski definition) is 0. The van der Waals surface area contributed by atoms with Crippen LogP contribution in [0.4, 0.5) is 13.2 Å². The Kier molecular flexibility index (Phi) is 3.66. The summed E-state index contributed by atoms with van der Waals surface area (Å²) in [6.07, 6.45) is -4.42. The number of carbonyl (C=O) groups is 1. The molecule has 0 aliphatic heterocycles. The molecule has 0 N–H and O–H groups in total. The number of nitrogens with zero attached hydrogens (tertiary/aromatic N) is 1. The van der Waals surface area contributed by atoms with Crippen molar-refractivity contribution in [1.82, 2.24) is 4.98 Å². The van der Waals surface area contributed by atoms with Gasteiger partial charge in [-0.2, -0.15) is 13.2 Å². The molecule has 1 heterocycles. The van der Waals surface area contributed by atoms with Crippen LogP contribution in [0.3, 0.4) is 0 Å². The molecule has 0 bridgehead atoms. The van der Waals surface area contributed by atoms with E-state index in [0.717, 1.165) is 29.0 Å². The first-order valence-electron chi connectivity index (χ1n) is 6.12. The summed E-state index contributed by atoms with van der Waals surface area (Å²) in [4.78, 5) is 16.5. The van der Waals surface area contributed by atoms with E-state index in [-0.39, 0.29) is 10.6 Å². The number of fused-ring (bicyclic) bond motifs is 1. The van der Waals surface area contributed by atoms with Gasteiger partial charge in [0.05, 0.1) is 15.8 Å². The molecule has 0 aliphatic carbocycles. The summed E-state index contributed by atoms with van der Waals surface area (Å²) in [5, 5.41) is 0.725. The van der Waals surface area contributed by atoms with Crippen LogP contribution in [-0.2, 0) is 6.18 Å². The Labute approximate surface area is 132 Å². The smallest absolute Gasteiger partial charge is 0.286 e. The van der Waals surface area contributed by atoms with E-state index in [1.165, 1.54) is 11.3 Å². The van der Waals surface area contributed by atoms with Crippen LogP contribution in [0.5, 0.6) is 0 Å². The third-order valence-corrected chi connectivity index (χ3v) is 4.29. The summed E-state index contributed by atoms with van der Waals surface area (Å²) in [5.41, 5.74) is -0.0361. The number of rotatable bonds is 2. The van der Waals surface area contributed by atoms with Crippen molar-refractivity contribution in [3.63, 3.8) is 0 Å². The van der Waals surface area contributed by atoms with Crippen molar-refractivity contribution < 1.29 is 18.0 Å². The van der Waals surface area contributed by atoms with E-state index in [9.17, 15) is 18.0 Å². The highest BCUT2D eigenvalue weighted by Crippen LogP contribution is 2.30. The Balaban J connectivity index is 1.95.